The van der Waals surface area contributed by atoms with Crippen molar-refractivity contribution in [2.75, 3.05) is 32.7 Å². The number of nitrogens with zero attached hydrogens (tertiary/aromatic N) is 1. The molecule has 1 saturated heterocycles. The molecule has 0 unspecified atom stereocenters. The first-order valence-electron chi connectivity index (χ1n) is 8.76. The van der Waals surface area contributed by atoms with Crippen molar-refractivity contribution in [3.8, 4) is 0 Å². The van der Waals surface area contributed by atoms with Crippen LogP contribution in [0.25, 0.3) is 0 Å². The van der Waals surface area contributed by atoms with Crippen LogP contribution >= 0.6 is 0 Å². The van der Waals surface area contributed by atoms with Crippen LogP contribution < -0.4 is 4.90 Å². The molecule has 1 N–H and O–H groups in total. The van der Waals surface area contributed by atoms with Crippen LogP contribution in [-0.2, 0) is 0 Å². The highest BCUT2D eigenvalue weighted by molar-refractivity contribution is 5.94. The zero-order valence-electron chi connectivity index (χ0n) is 13.4. The minimum atomic E-state index is -0.416. The smallest absolute Gasteiger partial charge is 0.257 e. The number of carbonyl (C=O) groups excluding carboxylic acids is 1. The molecule has 23 heavy (non-hydrogen) atoms. The van der Waals surface area contributed by atoms with E-state index in [1.807, 2.05) is 4.90 Å². The Morgan fingerprint density at radius 3 is 2.61 bits per heavy atom. The Hall–Kier alpha value is -1.68. The Labute approximate surface area is 136 Å². The van der Waals surface area contributed by atoms with E-state index < -0.39 is 5.82 Å². The summed E-state index contributed by atoms with van der Waals surface area (Å²) in [6.45, 7) is 4.67. The highest BCUT2D eigenvalue weighted by Gasteiger charge is 2.38. The second-order valence-electron chi connectivity index (χ2n) is 7.27. The van der Waals surface area contributed by atoms with Crippen LogP contribution in [0, 0.1) is 23.6 Å². The van der Waals surface area contributed by atoms with Gasteiger partial charge in [0.25, 0.3) is 5.91 Å². The van der Waals surface area contributed by atoms with Crippen LogP contribution in [0.15, 0.2) is 36.4 Å². The normalized spacial score (nSPS) is 30.1. The molecule has 1 aliphatic heterocycles. The zero-order chi connectivity index (χ0) is 15.8. The Bertz CT molecular complexity index is 622. The molecule has 4 rings (SSSR count). The molecule has 1 aromatic rings. The van der Waals surface area contributed by atoms with E-state index in [9.17, 15) is 9.18 Å². The van der Waals surface area contributed by atoms with Crippen molar-refractivity contribution >= 4 is 5.91 Å². The lowest BCUT2D eigenvalue weighted by Gasteiger charge is -2.34. The maximum atomic E-state index is 13.8. The van der Waals surface area contributed by atoms with Crippen LogP contribution in [0.1, 0.15) is 23.2 Å². The molecule has 2 aliphatic carbocycles. The molecule has 122 valence electrons. The molecule has 1 amide bonds. The van der Waals surface area contributed by atoms with Crippen LogP contribution in [0.4, 0.5) is 4.39 Å². The van der Waals surface area contributed by atoms with Crippen LogP contribution in [0.2, 0.25) is 0 Å². The van der Waals surface area contributed by atoms with Crippen molar-refractivity contribution in [2.24, 2.45) is 17.8 Å². The molecular formula is C19H24FN2O+. The number of rotatable bonds is 3. The van der Waals surface area contributed by atoms with Crippen molar-refractivity contribution in [2.45, 2.75) is 12.8 Å². The summed E-state index contributed by atoms with van der Waals surface area (Å²) in [6, 6.07) is 6.29. The van der Waals surface area contributed by atoms with Gasteiger partial charge in [0.1, 0.15) is 5.82 Å². The Morgan fingerprint density at radius 2 is 1.96 bits per heavy atom. The molecule has 1 heterocycles. The number of hydrogen-bond donors (Lipinski definition) is 1. The van der Waals surface area contributed by atoms with Gasteiger partial charge in [0.15, 0.2) is 0 Å². The van der Waals surface area contributed by atoms with E-state index in [1.165, 1.54) is 25.5 Å². The number of hydrogen-bond acceptors (Lipinski definition) is 1. The summed E-state index contributed by atoms with van der Waals surface area (Å²) in [4.78, 5) is 15.9. The predicted molar refractivity (Wildman–Crippen MR) is 86.7 cm³/mol. The number of quaternary nitrogens is 1. The number of benzene rings is 1. The number of carbonyl (C=O) groups is 1. The van der Waals surface area contributed by atoms with Crippen LogP contribution in [-0.4, -0.2) is 43.5 Å². The van der Waals surface area contributed by atoms with E-state index in [1.54, 1.807) is 23.1 Å². The average molecular weight is 315 g/mol. The van der Waals surface area contributed by atoms with E-state index in [-0.39, 0.29) is 11.5 Å². The zero-order valence-corrected chi connectivity index (χ0v) is 13.4. The van der Waals surface area contributed by atoms with E-state index in [0.717, 1.165) is 43.9 Å². The lowest BCUT2D eigenvalue weighted by molar-refractivity contribution is -0.907. The molecule has 3 atom stereocenters. The van der Waals surface area contributed by atoms with Crippen molar-refractivity contribution in [1.29, 1.82) is 0 Å². The number of halogens is 1. The van der Waals surface area contributed by atoms with E-state index >= 15 is 0 Å². The average Bonchev–Trinajstić information content (AvgIpc) is 3.18. The quantitative estimate of drug-likeness (QED) is 0.838. The summed E-state index contributed by atoms with van der Waals surface area (Å²) in [6.07, 6.45) is 7.51. The van der Waals surface area contributed by atoms with Gasteiger partial charge >= 0.3 is 0 Å². The predicted octanol–water partition coefficient (Wildman–Crippen LogP) is 1.38. The second kappa shape index (κ2) is 6.08. The van der Waals surface area contributed by atoms with Gasteiger partial charge in [-0.3, -0.25) is 4.79 Å². The third-order valence-corrected chi connectivity index (χ3v) is 5.83. The Balaban J connectivity index is 1.32. The molecule has 3 aliphatic rings. The SMILES string of the molecule is O=C(c1ccccc1F)N1CC[NH+](C[C@@H]2C[C@@H]3C=C[C@H]2C3)CC1. The monoisotopic (exact) mass is 315 g/mol. The maximum Gasteiger partial charge on any atom is 0.257 e. The fourth-order valence-electron chi connectivity index (χ4n) is 4.54. The summed E-state index contributed by atoms with van der Waals surface area (Å²) < 4.78 is 13.8. The molecule has 1 saturated carbocycles. The Kier molecular flexibility index (Phi) is 3.93. The number of fused-ring (bicyclic) bond motifs is 2. The van der Waals surface area contributed by atoms with E-state index in [0.29, 0.717) is 0 Å². The van der Waals surface area contributed by atoms with Crippen LogP contribution in [0.3, 0.4) is 0 Å². The molecule has 1 aromatic carbocycles. The molecular weight excluding hydrogens is 291 g/mol. The van der Waals surface area contributed by atoms with Gasteiger partial charge in [-0.1, -0.05) is 24.3 Å². The number of allylic oxidation sites excluding steroid dienone is 2. The number of piperazine rings is 1. The molecule has 2 fully saturated rings. The Morgan fingerprint density at radius 1 is 1.17 bits per heavy atom. The summed E-state index contributed by atoms with van der Waals surface area (Å²) >= 11 is 0. The van der Waals surface area contributed by atoms with Gasteiger partial charge in [-0.2, -0.15) is 0 Å². The highest BCUT2D eigenvalue weighted by Crippen LogP contribution is 2.42. The molecule has 4 heteroatoms. The molecule has 2 bridgehead atoms. The van der Waals surface area contributed by atoms with Crippen LogP contribution in [0.5, 0.6) is 0 Å². The first-order valence-corrected chi connectivity index (χ1v) is 8.76. The first kappa shape index (κ1) is 14.9. The molecule has 0 aromatic heterocycles. The lowest BCUT2D eigenvalue weighted by Crippen LogP contribution is -3.15. The van der Waals surface area contributed by atoms with Crippen molar-refractivity contribution < 1.29 is 14.1 Å². The fraction of sp³-hybridized carbons (Fsp3) is 0.526. The molecule has 0 radical (unpaired) electrons. The minimum absolute atomic E-state index is 0.162. The fourth-order valence-corrected chi connectivity index (χ4v) is 4.54. The summed E-state index contributed by atoms with van der Waals surface area (Å²) in [5.74, 6) is 1.87. The highest BCUT2D eigenvalue weighted by atomic mass is 19.1. The van der Waals surface area contributed by atoms with Gasteiger partial charge in [-0.25, -0.2) is 4.39 Å². The standard InChI is InChI=1S/C19H23FN2O/c20-18-4-2-1-3-17(18)19(23)22-9-7-21(8-10-22)13-16-12-14-5-6-15(16)11-14/h1-6,14-16H,7-13H2/p+1/t14-,15+,16+/m1/s1. The third-order valence-electron chi connectivity index (χ3n) is 5.83. The van der Waals surface area contributed by atoms with Crippen molar-refractivity contribution in [1.82, 2.24) is 4.90 Å². The minimum Gasteiger partial charge on any atom is -0.332 e. The summed E-state index contributed by atoms with van der Waals surface area (Å²) in [7, 11) is 0. The second-order valence-corrected chi connectivity index (χ2v) is 7.27. The lowest BCUT2D eigenvalue weighted by atomic mass is 9.93. The molecule has 3 nitrogen and oxygen atoms in total. The maximum absolute atomic E-state index is 13.8. The summed E-state index contributed by atoms with van der Waals surface area (Å²) in [5, 5.41) is 0. The largest absolute Gasteiger partial charge is 0.332 e. The summed E-state index contributed by atoms with van der Waals surface area (Å²) in [5.41, 5.74) is 0.203. The number of amides is 1. The number of nitrogens with one attached hydrogen (secondary N) is 1. The van der Waals surface area contributed by atoms with Crippen molar-refractivity contribution in [3.63, 3.8) is 0 Å². The first-order chi connectivity index (χ1) is 11.2. The van der Waals surface area contributed by atoms with Gasteiger partial charge in [0.05, 0.1) is 38.3 Å². The van der Waals surface area contributed by atoms with E-state index in [4.69, 9.17) is 0 Å². The topological polar surface area (TPSA) is 24.8 Å². The van der Waals surface area contributed by atoms with Gasteiger partial charge in [-0.15, -0.1) is 0 Å². The van der Waals surface area contributed by atoms with E-state index in [2.05, 4.69) is 12.2 Å². The third kappa shape index (κ3) is 2.92. The van der Waals surface area contributed by atoms with Gasteiger partial charge in [0.2, 0.25) is 0 Å². The van der Waals surface area contributed by atoms with Crippen molar-refractivity contribution in [3.05, 3.63) is 47.8 Å². The van der Waals surface area contributed by atoms with Gasteiger partial charge < -0.3 is 9.80 Å². The molecule has 0 spiro atoms. The van der Waals surface area contributed by atoms with Gasteiger partial charge in [0, 0.05) is 5.92 Å². The van der Waals surface area contributed by atoms with Gasteiger partial charge in [-0.05, 0) is 36.8 Å².